The number of amides is 3. The van der Waals surface area contributed by atoms with Crippen LogP contribution in [0.5, 0.6) is 5.75 Å². The maximum absolute atomic E-state index is 12.1. The number of carbonyl (C=O) groups is 3. The van der Waals surface area contributed by atoms with E-state index in [1.807, 2.05) is 5.32 Å². The number of carbonyl (C=O) groups excluding carboxylic acids is 3. The number of phenolic OH excluding ortho intramolecular Hbond substituents is 1. The number of hydrogen-bond donors (Lipinski definition) is 3. The van der Waals surface area contributed by atoms with E-state index in [2.05, 4.69) is 5.32 Å². The fourth-order valence-corrected chi connectivity index (χ4v) is 2.01. The SMILES string of the molecule is CNC(=O)NC(=O)[C@@H](C)OC(=O)c1ccc(-c2ccc(O)cc2)cc1. The molecule has 1 atom stereocenters. The van der Waals surface area contributed by atoms with E-state index in [1.165, 1.54) is 14.0 Å². The highest BCUT2D eigenvalue weighted by molar-refractivity contribution is 5.98. The van der Waals surface area contributed by atoms with Crippen molar-refractivity contribution in [3.63, 3.8) is 0 Å². The number of aromatic hydroxyl groups is 1. The van der Waals surface area contributed by atoms with Crippen molar-refractivity contribution >= 4 is 17.9 Å². The van der Waals surface area contributed by atoms with Crippen LogP contribution in [-0.4, -0.2) is 36.2 Å². The lowest BCUT2D eigenvalue weighted by Gasteiger charge is -2.13. The lowest BCUT2D eigenvalue weighted by Crippen LogP contribution is -2.43. The van der Waals surface area contributed by atoms with Gasteiger partial charge in [0.25, 0.3) is 5.91 Å². The molecular weight excluding hydrogens is 324 g/mol. The Morgan fingerprint density at radius 2 is 1.48 bits per heavy atom. The van der Waals surface area contributed by atoms with Crippen molar-refractivity contribution in [3.8, 4) is 16.9 Å². The first-order valence-corrected chi connectivity index (χ1v) is 7.53. The molecule has 0 heterocycles. The van der Waals surface area contributed by atoms with Crippen LogP contribution in [0, 0.1) is 0 Å². The molecule has 0 aliphatic rings. The minimum Gasteiger partial charge on any atom is -0.508 e. The molecule has 0 bridgehead atoms. The first-order chi connectivity index (χ1) is 11.9. The van der Waals surface area contributed by atoms with Crippen molar-refractivity contribution in [2.45, 2.75) is 13.0 Å². The van der Waals surface area contributed by atoms with Crippen LogP contribution < -0.4 is 10.6 Å². The Balaban J connectivity index is 2.01. The topological polar surface area (TPSA) is 105 Å². The molecule has 0 saturated carbocycles. The molecule has 0 aromatic heterocycles. The van der Waals surface area contributed by atoms with E-state index in [1.54, 1.807) is 48.5 Å². The van der Waals surface area contributed by atoms with E-state index in [0.717, 1.165) is 11.1 Å². The van der Waals surface area contributed by atoms with Crippen LogP contribution in [0.3, 0.4) is 0 Å². The molecular formula is C18H18N2O5. The third-order valence-electron chi connectivity index (χ3n) is 3.44. The molecule has 0 unspecified atom stereocenters. The second kappa shape index (κ2) is 7.96. The number of phenols is 1. The van der Waals surface area contributed by atoms with Gasteiger partial charge in [0.2, 0.25) is 0 Å². The predicted octanol–water partition coefficient (Wildman–Crippen LogP) is 2.06. The van der Waals surface area contributed by atoms with E-state index in [0.29, 0.717) is 0 Å². The Bertz CT molecular complexity index is 769. The van der Waals surface area contributed by atoms with Crippen LogP contribution in [0.1, 0.15) is 17.3 Å². The van der Waals surface area contributed by atoms with Gasteiger partial charge in [-0.05, 0) is 42.3 Å². The van der Waals surface area contributed by atoms with E-state index in [4.69, 9.17) is 4.74 Å². The number of ether oxygens (including phenoxy) is 1. The summed E-state index contributed by atoms with van der Waals surface area (Å²) in [6, 6.07) is 12.6. The second-order valence-electron chi connectivity index (χ2n) is 5.24. The molecule has 2 aromatic carbocycles. The molecule has 25 heavy (non-hydrogen) atoms. The Kier molecular flexibility index (Phi) is 5.73. The first kappa shape index (κ1) is 18.0. The van der Waals surface area contributed by atoms with Crippen LogP contribution in [-0.2, 0) is 9.53 Å². The third kappa shape index (κ3) is 4.81. The predicted molar refractivity (Wildman–Crippen MR) is 91.0 cm³/mol. The molecule has 0 aliphatic carbocycles. The Morgan fingerprint density at radius 1 is 0.960 bits per heavy atom. The maximum Gasteiger partial charge on any atom is 0.338 e. The molecule has 7 heteroatoms. The molecule has 0 spiro atoms. The number of urea groups is 1. The number of benzene rings is 2. The summed E-state index contributed by atoms with van der Waals surface area (Å²) in [7, 11) is 1.37. The van der Waals surface area contributed by atoms with Crippen molar-refractivity contribution in [2.24, 2.45) is 0 Å². The van der Waals surface area contributed by atoms with Crippen LogP contribution in [0.15, 0.2) is 48.5 Å². The minimum absolute atomic E-state index is 0.174. The van der Waals surface area contributed by atoms with Gasteiger partial charge in [-0.3, -0.25) is 10.1 Å². The van der Waals surface area contributed by atoms with Gasteiger partial charge < -0.3 is 15.2 Å². The van der Waals surface area contributed by atoms with Gasteiger partial charge in [-0.15, -0.1) is 0 Å². The average Bonchev–Trinajstić information content (AvgIpc) is 2.62. The average molecular weight is 342 g/mol. The number of esters is 1. The molecule has 3 amide bonds. The summed E-state index contributed by atoms with van der Waals surface area (Å²) >= 11 is 0. The van der Waals surface area contributed by atoms with Crippen molar-refractivity contribution in [1.82, 2.24) is 10.6 Å². The van der Waals surface area contributed by atoms with Crippen LogP contribution in [0.25, 0.3) is 11.1 Å². The summed E-state index contributed by atoms with van der Waals surface area (Å²) in [6.45, 7) is 1.38. The Labute approximate surface area is 144 Å². The van der Waals surface area contributed by atoms with Gasteiger partial charge in [0, 0.05) is 7.05 Å². The zero-order valence-corrected chi connectivity index (χ0v) is 13.8. The van der Waals surface area contributed by atoms with Gasteiger partial charge in [-0.2, -0.15) is 0 Å². The van der Waals surface area contributed by atoms with Gasteiger partial charge in [0.15, 0.2) is 6.10 Å². The first-order valence-electron chi connectivity index (χ1n) is 7.53. The van der Waals surface area contributed by atoms with Gasteiger partial charge in [-0.1, -0.05) is 24.3 Å². The molecule has 2 rings (SSSR count). The zero-order chi connectivity index (χ0) is 18.4. The summed E-state index contributed by atoms with van der Waals surface area (Å²) < 4.78 is 5.04. The van der Waals surface area contributed by atoms with Gasteiger partial charge in [0.1, 0.15) is 5.75 Å². The van der Waals surface area contributed by atoms with Crippen molar-refractivity contribution in [3.05, 3.63) is 54.1 Å². The molecule has 3 N–H and O–H groups in total. The number of hydrogen-bond acceptors (Lipinski definition) is 5. The largest absolute Gasteiger partial charge is 0.508 e. The fraction of sp³-hybridized carbons (Fsp3) is 0.167. The summed E-state index contributed by atoms with van der Waals surface area (Å²) in [5, 5.41) is 13.6. The molecule has 2 aromatic rings. The van der Waals surface area contributed by atoms with E-state index >= 15 is 0 Å². The monoisotopic (exact) mass is 342 g/mol. The molecule has 0 fully saturated rings. The number of nitrogens with one attached hydrogen (secondary N) is 2. The Morgan fingerprint density at radius 3 is 2.00 bits per heavy atom. The standard InChI is InChI=1S/C18H18N2O5/c1-11(16(22)20-18(24)19-2)25-17(23)14-5-3-12(4-6-14)13-7-9-15(21)10-8-13/h3-11,21H,1-2H3,(H2,19,20,22,24)/t11-/m1/s1. The van der Waals surface area contributed by atoms with E-state index in [-0.39, 0.29) is 11.3 Å². The summed E-state index contributed by atoms with van der Waals surface area (Å²) in [5.74, 6) is -1.21. The highest BCUT2D eigenvalue weighted by atomic mass is 16.5. The lowest BCUT2D eigenvalue weighted by atomic mass is 10.0. The molecule has 0 aliphatic heterocycles. The lowest BCUT2D eigenvalue weighted by molar-refractivity contribution is -0.127. The zero-order valence-electron chi connectivity index (χ0n) is 13.8. The van der Waals surface area contributed by atoms with Gasteiger partial charge in [-0.25, -0.2) is 9.59 Å². The highest BCUT2D eigenvalue weighted by Crippen LogP contribution is 2.22. The summed E-state index contributed by atoms with van der Waals surface area (Å²) in [6.07, 6.45) is -1.11. The fourth-order valence-electron chi connectivity index (χ4n) is 2.01. The maximum atomic E-state index is 12.1. The normalized spacial score (nSPS) is 11.3. The van der Waals surface area contributed by atoms with Gasteiger partial charge >= 0.3 is 12.0 Å². The van der Waals surface area contributed by atoms with Crippen LogP contribution in [0.2, 0.25) is 0 Å². The van der Waals surface area contributed by atoms with Crippen LogP contribution in [0.4, 0.5) is 4.79 Å². The van der Waals surface area contributed by atoms with Crippen LogP contribution >= 0.6 is 0 Å². The third-order valence-corrected chi connectivity index (χ3v) is 3.44. The molecule has 130 valence electrons. The quantitative estimate of drug-likeness (QED) is 0.738. The Hall–Kier alpha value is -3.35. The molecule has 0 radical (unpaired) electrons. The number of rotatable bonds is 4. The smallest absolute Gasteiger partial charge is 0.338 e. The van der Waals surface area contributed by atoms with Crippen molar-refractivity contribution in [2.75, 3.05) is 7.05 Å². The molecule has 0 saturated heterocycles. The van der Waals surface area contributed by atoms with Crippen molar-refractivity contribution < 1.29 is 24.2 Å². The van der Waals surface area contributed by atoms with E-state index < -0.39 is 24.0 Å². The number of imide groups is 1. The summed E-state index contributed by atoms with van der Waals surface area (Å²) in [5.41, 5.74) is 2.03. The second-order valence-corrected chi connectivity index (χ2v) is 5.24. The van der Waals surface area contributed by atoms with E-state index in [9.17, 15) is 19.5 Å². The minimum atomic E-state index is -1.11. The van der Waals surface area contributed by atoms with Crippen molar-refractivity contribution in [1.29, 1.82) is 0 Å². The highest BCUT2D eigenvalue weighted by Gasteiger charge is 2.20. The summed E-state index contributed by atoms with van der Waals surface area (Å²) in [4.78, 5) is 34.8. The van der Waals surface area contributed by atoms with Gasteiger partial charge in [0.05, 0.1) is 5.56 Å². The molecule has 7 nitrogen and oxygen atoms in total.